The molecule has 140 valence electrons. The molecular formula is C20H29N5O. The van der Waals surface area contributed by atoms with E-state index in [0.29, 0.717) is 0 Å². The van der Waals surface area contributed by atoms with Gasteiger partial charge < -0.3 is 15.7 Å². The maximum atomic E-state index is 10.7. The summed E-state index contributed by atoms with van der Waals surface area (Å²) in [6, 6.07) is 10.6. The zero-order valence-corrected chi connectivity index (χ0v) is 15.9. The molecule has 1 heterocycles. The van der Waals surface area contributed by atoms with Gasteiger partial charge in [-0.1, -0.05) is 30.3 Å². The molecule has 0 aliphatic heterocycles. The number of guanidine groups is 1. The Bertz CT molecular complexity index is 747. The lowest BCUT2D eigenvalue weighted by molar-refractivity contribution is 0.0672. The molecule has 1 atom stereocenters. The standard InChI is InChI=1S/C20H29N5O/c1-4-21-18(22-14-19(2,26)17-12-24-25(3)13-17)23-15-20(10-11-20)16-8-6-5-7-9-16/h5-9,12-13,26H,4,10-11,14-15H2,1-3H3,(H2,21,22,23). The highest BCUT2D eigenvalue weighted by Crippen LogP contribution is 2.47. The largest absolute Gasteiger partial charge is 0.383 e. The van der Waals surface area contributed by atoms with E-state index in [1.807, 2.05) is 20.2 Å². The average Bonchev–Trinajstić information content (AvgIpc) is 3.30. The molecule has 0 bridgehead atoms. The average molecular weight is 355 g/mol. The van der Waals surface area contributed by atoms with E-state index in [0.717, 1.165) is 24.6 Å². The Morgan fingerprint density at radius 3 is 2.62 bits per heavy atom. The second-order valence-electron chi connectivity index (χ2n) is 7.37. The third-order valence-corrected chi connectivity index (χ3v) is 5.05. The highest BCUT2D eigenvalue weighted by Gasteiger charge is 2.44. The van der Waals surface area contributed by atoms with Crippen LogP contribution in [0.5, 0.6) is 0 Å². The monoisotopic (exact) mass is 355 g/mol. The third-order valence-electron chi connectivity index (χ3n) is 5.05. The van der Waals surface area contributed by atoms with E-state index >= 15 is 0 Å². The van der Waals surface area contributed by atoms with Crippen molar-refractivity contribution < 1.29 is 5.11 Å². The molecule has 0 spiro atoms. The van der Waals surface area contributed by atoms with Crippen molar-refractivity contribution in [2.24, 2.45) is 12.0 Å². The normalized spacial score (nSPS) is 18.2. The minimum Gasteiger partial charge on any atom is -0.383 e. The minimum atomic E-state index is -1.05. The SMILES string of the molecule is CCNC(=NCC(C)(O)c1cnn(C)c1)NCC1(c2ccccc2)CC1. The smallest absolute Gasteiger partial charge is 0.191 e. The Hall–Kier alpha value is -2.34. The van der Waals surface area contributed by atoms with Gasteiger partial charge in [0.05, 0.1) is 12.7 Å². The number of aryl methyl sites for hydroxylation is 1. The first-order chi connectivity index (χ1) is 12.5. The minimum absolute atomic E-state index is 0.212. The second kappa shape index (κ2) is 7.50. The summed E-state index contributed by atoms with van der Waals surface area (Å²) in [6.45, 7) is 5.70. The van der Waals surface area contributed by atoms with E-state index < -0.39 is 5.60 Å². The second-order valence-corrected chi connectivity index (χ2v) is 7.37. The van der Waals surface area contributed by atoms with Gasteiger partial charge in [0.2, 0.25) is 0 Å². The number of rotatable bonds is 7. The van der Waals surface area contributed by atoms with Crippen LogP contribution < -0.4 is 10.6 Å². The number of aliphatic imine (C=N–C) groups is 1. The summed E-state index contributed by atoms with van der Waals surface area (Å²) in [5.74, 6) is 0.735. The number of hydrogen-bond donors (Lipinski definition) is 3. The summed E-state index contributed by atoms with van der Waals surface area (Å²) in [5, 5.41) is 21.6. The first kappa shape index (κ1) is 18.5. The van der Waals surface area contributed by atoms with Crippen molar-refractivity contribution in [2.75, 3.05) is 19.6 Å². The molecule has 6 heteroatoms. The quantitative estimate of drug-likeness (QED) is 0.524. The van der Waals surface area contributed by atoms with Crippen molar-refractivity contribution in [1.82, 2.24) is 20.4 Å². The zero-order valence-electron chi connectivity index (χ0n) is 15.9. The van der Waals surface area contributed by atoms with Gasteiger partial charge >= 0.3 is 0 Å². The van der Waals surface area contributed by atoms with E-state index in [1.165, 1.54) is 18.4 Å². The van der Waals surface area contributed by atoms with Gasteiger partial charge in [-0.05, 0) is 32.3 Å². The molecule has 6 nitrogen and oxygen atoms in total. The Balaban J connectivity index is 1.64. The molecule has 2 aromatic rings. The summed E-state index contributed by atoms with van der Waals surface area (Å²) < 4.78 is 1.69. The van der Waals surface area contributed by atoms with Crippen molar-refractivity contribution in [3.05, 3.63) is 53.9 Å². The molecule has 1 aromatic heterocycles. The predicted octanol–water partition coefficient (Wildman–Crippen LogP) is 1.91. The lowest BCUT2D eigenvalue weighted by atomic mass is 9.96. The molecule has 26 heavy (non-hydrogen) atoms. The Labute approximate surface area is 155 Å². The summed E-state index contributed by atoms with van der Waals surface area (Å²) in [7, 11) is 1.84. The van der Waals surface area contributed by atoms with Crippen LogP contribution in [0.25, 0.3) is 0 Å². The Morgan fingerprint density at radius 1 is 1.31 bits per heavy atom. The van der Waals surface area contributed by atoms with Crippen LogP contribution in [0.2, 0.25) is 0 Å². The Morgan fingerprint density at radius 2 is 2.04 bits per heavy atom. The van der Waals surface area contributed by atoms with Crippen LogP contribution in [0.1, 0.15) is 37.8 Å². The number of hydrogen-bond acceptors (Lipinski definition) is 3. The number of aromatic nitrogens is 2. The first-order valence-corrected chi connectivity index (χ1v) is 9.24. The van der Waals surface area contributed by atoms with Crippen LogP contribution in [0.15, 0.2) is 47.7 Å². The highest BCUT2D eigenvalue weighted by atomic mass is 16.3. The lowest BCUT2D eigenvalue weighted by Crippen LogP contribution is -2.42. The van der Waals surface area contributed by atoms with Gasteiger partial charge in [-0.2, -0.15) is 5.10 Å². The van der Waals surface area contributed by atoms with Crippen molar-refractivity contribution in [2.45, 2.75) is 37.7 Å². The van der Waals surface area contributed by atoms with Crippen LogP contribution in [0.4, 0.5) is 0 Å². The molecule has 1 aromatic carbocycles. The van der Waals surface area contributed by atoms with Crippen LogP contribution in [-0.2, 0) is 18.1 Å². The summed E-state index contributed by atoms with van der Waals surface area (Å²) in [6.07, 6.45) is 5.89. The zero-order chi connectivity index (χ0) is 18.6. The van der Waals surface area contributed by atoms with Crippen molar-refractivity contribution >= 4 is 5.96 Å². The number of aliphatic hydroxyl groups is 1. The molecule has 3 N–H and O–H groups in total. The van der Waals surface area contributed by atoms with E-state index in [1.54, 1.807) is 17.8 Å². The van der Waals surface area contributed by atoms with Gasteiger partial charge in [-0.3, -0.25) is 4.68 Å². The molecule has 1 fully saturated rings. The fourth-order valence-corrected chi connectivity index (χ4v) is 3.13. The lowest BCUT2D eigenvalue weighted by Gasteiger charge is -2.22. The summed E-state index contributed by atoms with van der Waals surface area (Å²) >= 11 is 0. The van der Waals surface area contributed by atoms with Gasteiger partial charge in [0.25, 0.3) is 0 Å². The molecular weight excluding hydrogens is 326 g/mol. The van der Waals surface area contributed by atoms with E-state index in [9.17, 15) is 5.11 Å². The molecule has 0 radical (unpaired) electrons. The van der Waals surface area contributed by atoms with Gasteiger partial charge in [0.15, 0.2) is 5.96 Å². The van der Waals surface area contributed by atoms with E-state index in [2.05, 4.69) is 51.1 Å². The van der Waals surface area contributed by atoms with Crippen molar-refractivity contribution in [1.29, 1.82) is 0 Å². The molecule has 3 rings (SSSR count). The topological polar surface area (TPSA) is 74.5 Å². The van der Waals surface area contributed by atoms with E-state index in [-0.39, 0.29) is 12.0 Å². The van der Waals surface area contributed by atoms with Crippen molar-refractivity contribution in [3.8, 4) is 0 Å². The van der Waals surface area contributed by atoms with Gasteiger partial charge in [0.1, 0.15) is 5.60 Å². The fourth-order valence-electron chi connectivity index (χ4n) is 3.13. The number of benzene rings is 1. The molecule has 0 saturated heterocycles. The molecule has 1 aliphatic carbocycles. The van der Waals surface area contributed by atoms with Gasteiger partial charge in [-0.15, -0.1) is 0 Å². The van der Waals surface area contributed by atoms with Crippen LogP contribution in [0, 0.1) is 0 Å². The Kier molecular flexibility index (Phi) is 5.32. The van der Waals surface area contributed by atoms with Crippen LogP contribution in [0.3, 0.4) is 0 Å². The highest BCUT2D eigenvalue weighted by molar-refractivity contribution is 5.80. The summed E-state index contributed by atoms with van der Waals surface area (Å²) in [4.78, 5) is 4.60. The maximum Gasteiger partial charge on any atom is 0.191 e. The van der Waals surface area contributed by atoms with Gasteiger partial charge in [-0.25, -0.2) is 4.99 Å². The molecule has 1 aliphatic rings. The molecule has 0 amide bonds. The maximum absolute atomic E-state index is 10.7. The number of nitrogens with one attached hydrogen (secondary N) is 2. The van der Waals surface area contributed by atoms with E-state index in [4.69, 9.17) is 0 Å². The third kappa shape index (κ3) is 4.25. The first-order valence-electron chi connectivity index (χ1n) is 9.24. The molecule has 1 unspecified atom stereocenters. The molecule has 1 saturated carbocycles. The van der Waals surface area contributed by atoms with Gasteiger partial charge in [0, 0.05) is 37.3 Å². The predicted molar refractivity (Wildman–Crippen MR) is 104 cm³/mol. The van der Waals surface area contributed by atoms with Crippen LogP contribution in [-0.4, -0.2) is 40.5 Å². The fraction of sp³-hybridized carbons (Fsp3) is 0.500. The summed E-state index contributed by atoms with van der Waals surface area (Å²) in [5.41, 5.74) is 1.31. The van der Waals surface area contributed by atoms with Crippen LogP contribution >= 0.6 is 0 Å². The number of nitrogens with zero attached hydrogens (tertiary/aromatic N) is 3. The van der Waals surface area contributed by atoms with Crippen molar-refractivity contribution in [3.63, 3.8) is 0 Å².